The number of hydrogen-bond acceptors (Lipinski definition) is 6. The number of benzene rings is 2. The molecule has 2 aromatic rings. The number of hydrogen-bond donors (Lipinski definition) is 0. The van der Waals surface area contributed by atoms with Gasteiger partial charge in [-0.25, -0.2) is 25.3 Å². The van der Waals surface area contributed by atoms with Gasteiger partial charge < -0.3 is 0 Å². The van der Waals surface area contributed by atoms with E-state index >= 15 is 0 Å². The summed E-state index contributed by atoms with van der Waals surface area (Å²) in [6, 6.07) is 11.9. The van der Waals surface area contributed by atoms with Gasteiger partial charge in [-0.05, 0) is 38.1 Å². The molecule has 1 aliphatic heterocycles. The van der Waals surface area contributed by atoms with Crippen molar-refractivity contribution in [2.24, 2.45) is 0 Å². The normalized spacial score (nSPS) is 22.6. The van der Waals surface area contributed by atoms with Crippen LogP contribution >= 0.6 is 0 Å². The summed E-state index contributed by atoms with van der Waals surface area (Å²) in [6.07, 6.45) is 0. The highest BCUT2D eigenvalue weighted by Crippen LogP contribution is 2.33. The minimum absolute atomic E-state index is 0.0701. The molecule has 3 rings (SSSR count). The van der Waals surface area contributed by atoms with E-state index in [-0.39, 0.29) is 9.79 Å². The summed E-state index contributed by atoms with van der Waals surface area (Å²) in [6.45, 7) is 3.59. The molecule has 0 bridgehead atoms. The Morgan fingerprint density at radius 1 is 0.667 bits per heavy atom. The minimum Gasteiger partial charge on any atom is -0.229 e. The summed E-state index contributed by atoms with van der Waals surface area (Å²) < 4.78 is 76.6. The first-order chi connectivity index (χ1) is 12.4. The van der Waals surface area contributed by atoms with E-state index in [0.29, 0.717) is 0 Å². The quantitative estimate of drug-likeness (QED) is 0.735. The summed E-state index contributed by atoms with van der Waals surface area (Å²) in [5.74, 6) is -1.39. The molecule has 1 heterocycles. The van der Waals surface area contributed by atoms with Crippen LogP contribution in [0.1, 0.15) is 11.1 Å². The van der Waals surface area contributed by atoms with E-state index in [1.165, 1.54) is 24.3 Å². The molecule has 1 aliphatic rings. The van der Waals surface area contributed by atoms with Crippen LogP contribution < -0.4 is 0 Å². The second kappa shape index (κ2) is 6.72. The van der Waals surface area contributed by atoms with Gasteiger partial charge in [-0.1, -0.05) is 35.4 Å². The molecule has 2 aromatic carbocycles. The average molecular weight is 429 g/mol. The van der Waals surface area contributed by atoms with Crippen LogP contribution in [0.2, 0.25) is 0 Å². The van der Waals surface area contributed by atoms with Gasteiger partial charge in [-0.15, -0.1) is 0 Å². The zero-order valence-corrected chi connectivity index (χ0v) is 17.3. The van der Waals surface area contributed by atoms with E-state index < -0.39 is 51.5 Å². The second-order valence-corrected chi connectivity index (χ2v) is 13.4. The largest absolute Gasteiger partial charge is 0.229 e. The highest BCUT2D eigenvalue weighted by molar-refractivity contribution is 8.00. The zero-order chi connectivity index (χ0) is 20.0. The van der Waals surface area contributed by atoms with Crippen LogP contribution in [0, 0.1) is 13.8 Å². The Morgan fingerprint density at radius 2 is 0.963 bits per heavy atom. The highest BCUT2D eigenvalue weighted by atomic mass is 32.2. The fourth-order valence-corrected chi connectivity index (χ4v) is 11.3. The van der Waals surface area contributed by atoms with Crippen molar-refractivity contribution in [3.05, 3.63) is 59.7 Å². The second-order valence-electron chi connectivity index (χ2n) is 6.87. The molecule has 0 aliphatic carbocycles. The first-order valence-electron chi connectivity index (χ1n) is 8.25. The van der Waals surface area contributed by atoms with Crippen molar-refractivity contribution in [1.29, 1.82) is 0 Å². The van der Waals surface area contributed by atoms with E-state index in [1.54, 1.807) is 38.1 Å². The van der Waals surface area contributed by atoms with Crippen molar-refractivity contribution in [3.8, 4) is 0 Å². The predicted molar refractivity (Wildman–Crippen MR) is 103 cm³/mol. The van der Waals surface area contributed by atoms with E-state index in [9.17, 15) is 25.3 Å². The first kappa shape index (κ1) is 20.0. The molecule has 27 heavy (non-hydrogen) atoms. The van der Waals surface area contributed by atoms with Gasteiger partial charge in [-0.3, -0.25) is 0 Å². The Labute approximate surface area is 160 Å². The number of aryl methyl sites for hydroxylation is 2. The molecule has 1 saturated heterocycles. The average Bonchev–Trinajstić information content (AvgIpc) is 2.93. The molecule has 0 spiro atoms. The topological polar surface area (TPSA) is 102 Å². The zero-order valence-electron chi connectivity index (χ0n) is 14.9. The van der Waals surface area contributed by atoms with E-state index in [2.05, 4.69) is 0 Å². The van der Waals surface area contributed by atoms with Gasteiger partial charge in [-0.2, -0.15) is 0 Å². The van der Waals surface area contributed by atoms with Gasteiger partial charge in [0.15, 0.2) is 29.5 Å². The molecule has 9 heteroatoms. The van der Waals surface area contributed by atoms with Crippen LogP contribution in [0.4, 0.5) is 0 Å². The summed E-state index contributed by atoms with van der Waals surface area (Å²) in [4.78, 5) is -0.140. The molecule has 0 amide bonds. The lowest BCUT2D eigenvalue weighted by atomic mass is 10.2. The van der Waals surface area contributed by atoms with Crippen LogP contribution in [0.15, 0.2) is 58.3 Å². The van der Waals surface area contributed by atoms with Gasteiger partial charge in [0.05, 0.1) is 31.8 Å². The maximum Gasteiger partial charge on any atom is 0.183 e. The third-order valence-corrected chi connectivity index (χ3v) is 11.5. The first-order valence-corrected chi connectivity index (χ1v) is 13.2. The molecule has 0 saturated carbocycles. The van der Waals surface area contributed by atoms with Gasteiger partial charge in [0.1, 0.15) is 0 Å². The number of sulfone groups is 3. The van der Waals surface area contributed by atoms with Gasteiger partial charge >= 0.3 is 0 Å². The number of rotatable bonds is 4. The fourth-order valence-electron chi connectivity index (χ4n) is 3.17. The Hall–Kier alpha value is -1.71. The van der Waals surface area contributed by atoms with E-state index in [0.717, 1.165) is 11.1 Å². The molecule has 0 aromatic heterocycles. The van der Waals surface area contributed by atoms with Crippen molar-refractivity contribution >= 4 is 29.5 Å². The monoisotopic (exact) mass is 428 g/mol. The van der Waals surface area contributed by atoms with E-state index in [1.807, 2.05) is 0 Å². The predicted octanol–water partition coefficient (Wildman–Crippen LogP) is 1.72. The minimum atomic E-state index is -4.13. The molecule has 146 valence electrons. The van der Waals surface area contributed by atoms with Gasteiger partial charge in [0, 0.05) is 0 Å². The summed E-state index contributed by atoms with van der Waals surface area (Å²) >= 11 is 0. The van der Waals surface area contributed by atoms with Crippen molar-refractivity contribution in [3.63, 3.8) is 0 Å². The van der Waals surface area contributed by atoms with Crippen molar-refractivity contribution in [2.45, 2.75) is 34.1 Å². The standard InChI is InChI=1S/C18H20O6S3/c1-13-3-7-15(8-4-13)26(21,22)17-11-25(19,20)12-18(17)27(23,24)16-9-5-14(2)6-10-16/h3-10,17-18H,11-12H2,1-2H3/t17-,18-/m0/s1. The van der Waals surface area contributed by atoms with Crippen LogP contribution in [-0.2, 0) is 29.5 Å². The Morgan fingerprint density at radius 3 is 1.26 bits per heavy atom. The molecule has 0 unspecified atom stereocenters. The Balaban J connectivity index is 2.10. The molecule has 0 radical (unpaired) electrons. The maximum atomic E-state index is 13.0. The molecule has 0 N–H and O–H groups in total. The molecule has 2 atom stereocenters. The lowest BCUT2D eigenvalue weighted by Crippen LogP contribution is -2.38. The van der Waals surface area contributed by atoms with Crippen molar-refractivity contribution in [2.75, 3.05) is 11.5 Å². The van der Waals surface area contributed by atoms with Gasteiger partial charge in [0.25, 0.3) is 0 Å². The highest BCUT2D eigenvalue weighted by Gasteiger charge is 2.52. The molecule has 6 nitrogen and oxygen atoms in total. The van der Waals surface area contributed by atoms with Crippen molar-refractivity contribution < 1.29 is 25.3 Å². The third kappa shape index (κ3) is 3.81. The summed E-state index contributed by atoms with van der Waals surface area (Å²) in [5, 5.41) is -3.06. The van der Waals surface area contributed by atoms with Gasteiger partial charge in [0.2, 0.25) is 0 Å². The fraction of sp³-hybridized carbons (Fsp3) is 0.333. The van der Waals surface area contributed by atoms with Crippen molar-refractivity contribution in [1.82, 2.24) is 0 Å². The van der Waals surface area contributed by atoms with Crippen LogP contribution in [-0.4, -0.2) is 47.3 Å². The van der Waals surface area contributed by atoms with Crippen LogP contribution in [0.3, 0.4) is 0 Å². The Kier molecular flexibility index (Phi) is 4.98. The third-order valence-electron chi connectivity index (χ3n) is 4.75. The summed E-state index contributed by atoms with van der Waals surface area (Å²) in [7, 11) is -12.1. The molecule has 1 fully saturated rings. The SMILES string of the molecule is Cc1ccc(S(=O)(=O)[C@H]2CS(=O)(=O)C[C@@H]2S(=O)(=O)c2ccc(C)cc2)cc1. The van der Waals surface area contributed by atoms with Crippen LogP contribution in [0.5, 0.6) is 0 Å². The maximum absolute atomic E-state index is 13.0. The summed E-state index contributed by atoms with van der Waals surface area (Å²) in [5.41, 5.74) is 1.69. The smallest absolute Gasteiger partial charge is 0.183 e. The molecular formula is C18H20O6S3. The lowest BCUT2D eigenvalue weighted by molar-refractivity contribution is 0.567. The van der Waals surface area contributed by atoms with Crippen LogP contribution in [0.25, 0.3) is 0 Å². The van der Waals surface area contributed by atoms with E-state index in [4.69, 9.17) is 0 Å². The molecular weight excluding hydrogens is 408 g/mol. The lowest BCUT2D eigenvalue weighted by Gasteiger charge is -2.19. The Bertz CT molecular complexity index is 1070.